The van der Waals surface area contributed by atoms with Crippen molar-refractivity contribution in [2.45, 2.75) is 25.4 Å². The van der Waals surface area contributed by atoms with E-state index in [2.05, 4.69) is 5.32 Å². The number of aromatic nitrogens is 1. The second-order valence-electron chi connectivity index (χ2n) is 8.23. The summed E-state index contributed by atoms with van der Waals surface area (Å²) in [5.41, 5.74) is -1.07. The van der Waals surface area contributed by atoms with E-state index in [1.54, 1.807) is 9.47 Å². The average Bonchev–Trinajstić information content (AvgIpc) is 2.89. The van der Waals surface area contributed by atoms with Crippen LogP contribution in [0.2, 0.25) is 5.02 Å². The van der Waals surface area contributed by atoms with E-state index < -0.39 is 33.9 Å². The lowest BCUT2D eigenvalue weighted by molar-refractivity contribution is 0.0527. The molecule has 8 nitrogen and oxygen atoms in total. The fraction of sp³-hybridized carbons (Fsp3) is 0.375. The van der Waals surface area contributed by atoms with E-state index >= 15 is 0 Å². The van der Waals surface area contributed by atoms with Gasteiger partial charge in [-0.25, -0.2) is 8.78 Å². The number of halogens is 3. The van der Waals surface area contributed by atoms with Crippen LogP contribution in [0.15, 0.2) is 35.3 Å². The summed E-state index contributed by atoms with van der Waals surface area (Å²) in [6, 6.07) is 1.78. The largest absolute Gasteiger partial charge is 0.491 e. The Hall–Kier alpha value is -3.24. The molecule has 2 bridgehead atoms. The van der Waals surface area contributed by atoms with Gasteiger partial charge in [-0.1, -0.05) is 29.8 Å². The van der Waals surface area contributed by atoms with Crippen molar-refractivity contribution < 1.29 is 27.8 Å². The van der Waals surface area contributed by atoms with Crippen molar-refractivity contribution in [3.05, 3.63) is 74.2 Å². The van der Waals surface area contributed by atoms with Crippen LogP contribution < -0.4 is 15.5 Å². The van der Waals surface area contributed by atoms with Gasteiger partial charge in [-0.15, -0.1) is 0 Å². The van der Waals surface area contributed by atoms with E-state index in [4.69, 9.17) is 21.1 Å². The number of methoxy groups -OCH3 is 1. The topological polar surface area (TPSA) is 89.9 Å². The van der Waals surface area contributed by atoms with Crippen molar-refractivity contribution in [2.24, 2.45) is 0 Å². The molecule has 1 atom stereocenters. The summed E-state index contributed by atoms with van der Waals surface area (Å²) >= 11 is 5.59. The number of hydrogen-bond donors (Lipinski definition) is 1. The predicted molar refractivity (Wildman–Crippen MR) is 124 cm³/mol. The summed E-state index contributed by atoms with van der Waals surface area (Å²) in [6.45, 7) is 1.16. The molecular weight excluding hydrogens is 484 g/mol. The molecule has 1 aromatic carbocycles. The summed E-state index contributed by atoms with van der Waals surface area (Å²) < 4.78 is 40.3. The van der Waals surface area contributed by atoms with Crippen LogP contribution in [-0.2, 0) is 11.3 Å². The Morgan fingerprint density at radius 2 is 2.09 bits per heavy atom. The Bertz CT molecular complexity index is 1250. The van der Waals surface area contributed by atoms with Gasteiger partial charge in [0.15, 0.2) is 11.4 Å². The van der Waals surface area contributed by atoms with E-state index in [0.717, 1.165) is 25.0 Å². The number of ether oxygens (including phenoxy) is 2. The number of nitrogens with zero attached hydrogens (tertiary/aromatic N) is 2. The van der Waals surface area contributed by atoms with Crippen LogP contribution in [0.5, 0.6) is 5.75 Å². The zero-order valence-corrected chi connectivity index (χ0v) is 19.7. The van der Waals surface area contributed by atoms with E-state index in [1.165, 1.54) is 13.3 Å². The van der Waals surface area contributed by atoms with Gasteiger partial charge in [-0.2, -0.15) is 0 Å². The molecule has 2 aliphatic rings. The van der Waals surface area contributed by atoms with Crippen LogP contribution in [0.4, 0.5) is 8.78 Å². The molecule has 2 amide bonds. The number of fused-ring (bicyclic) bond motifs is 4. The number of hydrogen-bond acceptors (Lipinski definition) is 5. The standard InChI is InChI=1S/C24H24ClF2N3O5/c1-34-22-20-24(33)29-8-4-2-3-5-9-35-13-15(11-29)30(20)12-16(21(22)31)23(32)28-10-14-6-7-17(26)18(25)19(14)27/h2,4,6-7,12,15H,3,5,8-11,13H2,1H3,(H,28,32)/b4-2-/t15-/m1/s1. The maximum atomic E-state index is 14.2. The number of carbonyl (C=O) groups is 2. The first-order chi connectivity index (χ1) is 16.8. The second-order valence-corrected chi connectivity index (χ2v) is 8.61. The van der Waals surface area contributed by atoms with Gasteiger partial charge in [0.1, 0.15) is 22.2 Å². The highest BCUT2D eigenvalue weighted by Crippen LogP contribution is 2.28. The molecule has 11 heteroatoms. The zero-order chi connectivity index (χ0) is 25.1. The zero-order valence-electron chi connectivity index (χ0n) is 19.0. The Kier molecular flexibility index (Phi) is 7.51. The van der Waals surface area contributed by atoms with Crippen LogP contribution >= 0.6 is 11.6 Å². The minimum absolute atomic E-state index is 0.0397. The molecule has 35 heavy (non-hydrogen) atoms. The number of benzene rings is 1. The maximum absolute atomic E-state index is 14.2. The van der Waals surface area contributed by atoms with Gasteiger partial charge in [0.25, 0.3) is 11.8 Å². The monoisotopic (exact) mass is 507 g/mol. The molecule has 0 fully saturated rings. The summed E-state index contributed by atoms with van der Waals surface area (Å²) in [5, 5.41) is 1.77. The average molecular weight is 508 g/mol. The molecular formula is C24H24ClF2N3O5. The SMILES string of the molecule is COc1c2n(cc(C(=O)NCc3ccc(F)c(Cl)c3F)c1=O)[C@H]1COCCC/C=C\CN(C1)C2=O. The Balaban J connectivity index is 1.69. The number of rotatable bonds is 4. The van der Waals surface area contributed by atoms with Crippen molar-refractivity contribution in [3.63, 3.8) is 0 Å². The van der Waals surface area contributed by atoms with Crippen LogP contribution in [0.25, 0.3) is 0 Å². The van der Waals surface area contributed by atoms with Gasteiger partial charge in [0.05, 0.1) is 19.8 Å². The second kappa shape index (κ2) is 10.6. The van der Waals surface area contributed by atoms with Gasteiger partial charge in [-0.3, -0.25) is 14.4 Å². The van der Waals surface area contributed by atoms with Gasteiger partial charge in [0, 0.05) is 38.0 Å². The van der Waals surface area contributed by atoms with E-state index in [1.807, 2.05) is 12.2 Å². The Morgan fingerprint density at radius 3 is 2.86 bits per heavy atom. The smallest absolute Gasteiger partial charge is 0.274 e. The summed E-state index contributed by atoms with van der Waals surface area (Å²) in [7, 11) is 1.25. The highest BCUT2D eigenvalue weighted by atomic mass is 35.5. The van der Waals surface area contributed by atoms with Crippen molar-refractivity contribution >= 4 is 23.4 Å². The number of pyridine rings is 1. The van der Waals surface area contributed by atoms with Gasteiger partial charge >= 0.3 is 0 Å². The highest BCUT2D eigenvalue weighted by Gasteiger charge is 2.36. The Morgan fingerprint density at radius 1 is 1.29 bits per heavy atom. The first kappa shape index (κ1) is 24.9. The third kappa shape index (κ3) is 4.94. The minimum atomic E-state index is -0.999. The predicted octanol–water partition coefficient (Wildman–Crippen LogP) is 3.08. The summed E-state index contributed by atoms with van der Waals surface area (Å²) in [5.74, 6) is -3.38. The molecule has 3 heterocycles. The van der Waals surface area contributed by atoms with Crippen molar-refractivity contribution in [1.29, 1.82) is 0 Å². The molecule has 4 rings (SSSR count). The molecule has 2 aliphatic heterocycles. The molecule has 0 saturated carbocycles. The van der Waals surface area contributed by atoms with Crippen molar-refractivity contribution in [3.8, 4) is 5.75 Å². The van der Waals surface area contributed by atoms with E-state index in [9.17, 15) is 23.2 Å². The Labute approximate surface area is 205 Å². The van der Waals surface area contributed by atoms with Gasteiger partial charge < -0.3 is 24.3 Å². The number of amides is 2. The molecule has 2 aromatic rings. The fourth-order valence-electron chi connectivity index (χ4n) is 4.14. The number of allylic oxidation sites excluding steroid dienone is 1. The lowest BCUT2D eigenvalue weighted by atomic mass is 10.1. The van der Waals surface area contributed by atoms with Crippen molar-refractivity contribution in [2.75, 3.05) is 33.4 Å². The third-order valence-corrected chi connectivity index (χ3v) is 6.32. The maximum Gasteiger partial charge on any atom is 0.274 e. The third-order valence-electron chi connectivity index (χ3n) is 5.97. The van der Waals surface area contributed by atoms with Gasteiger partial charge in [0.2, 0.25) is 5.43 Å². The first-order valence-corrected chi connectivity index (χ1v) is 11.5. The molecule has 0 saturated heterocycles. The van der Waals surface area contributed by atoms with Crippen LogP contribution in [-0.4, -0.2) is 54.7 Å². The molecule has 0 radical (unpaired) electrons. The first-order valence-electron chi connectivity index (χ1n) is 11.1. The molecule has 186 valence electrons. The summed E-state index contributed by atoms with van der Waals surface area (Å²) in [6.07, 6.45) is 6.85. The summed E-state index contributed by atoms with van der Waals surface area (Å²) in [4.78, 5) is 40.9. The van der Waals surface area contributed by atoms with E-state index in [0.29, 0.717) is 19.7 Å². The molecule has 0 aliphatic carbocycles. The molecule has 0 unspecified atom stereocenters. The number of nitrogens with one attached hydrogen (secondary N) is 1. The van der Waals surface area contributed by atoms with Crippen LogP contribution in [0, 0.1) is 11.6 Å². The van der Waals surface area contributed by atoms with E-state index in [-0.39, 0.29) is 41.8 Å². The fourth-order valence-corrected chi connectivity index (χ4v) is 4.32. The number of carbonyl (C=O) groups excluding carboxylic acids is 2. The lowest BCUT2D eigenvalue weighted by Crippen LogP contribution is -2.46. The molecule has 0 spiro atoms. The van der Waals surface area contributed by atoms with Crippen LogP contribution in [0.1, 0.15) is 45.3 Å². The minimum Gasteiger partial charge on any atom is -0.491 e. The lowest BCUT2D eigenvalue weighted by Gasteiger charge is -2.36. The quantitative estimate of drug-likeness (QED) is 0.507. The normalized spacial score (nSPS) is 18.9. The van der Waals surface area contributed by atoms with Crippen molar-refractivity contribution in [1.82, 2.24) is 14.8 Å². The van der Waals surface area contributed by atoms with Crippen LogP contribution in [0.3, 0.4) is 0 Å². The van der Waals surface area contributed by atoms with Gasteiger partial charge in [-0.05, 0) is 18.9 Å². The molecule has 1 aromatic heterocycles. The molecule has 1 N–H and O–H groups in total. The highest BCUT2D eigenvalue weighted by molar-refractivity contribution is 6.30.